The zero-order valence-corrected chi connectivity index (χ0v) is 9.30. The third-order valence-electron chi connectivity index (χ3n) is 2.29. The summed E-state index contributed by atoms with van der Waals surface area (Å²) < 4.78 is 0. The molecule has 0 heterocycles. The van der Waals surface area contributed by atoms with Gasteiger partial charge in [-0.15, -0.1) is 0 Å². The van der Waals surface area contributed by atoms with Crippen molar-refractivity contribution < 1.29 is 5.11 Å². The Morgan fingerprint density at radius 3 is 2.71 bits per heavy atom. The van der Waals surface area contributed by atoms with Crippen molar-refractivity contribution in [1.29, 1.82) is 0 Å². The largest absolute Gasteiger partial charge is 0.507 e. The first-order chi connectivity index (χ1) is 6.56. The van der Waals surface area contributed by atoms with Crippen LogP contribution >= 0.6 is 11.6 Å². The lowest BCUT2D eigenvalue weighted by Gasteiger charge is -2.14. The molecule has 3 heteroatoms. The van der Waals surface area contributed by atoms with Crippen molar-refractivity contribution >= 4 is 11.6 Å². The summed E-state index contributed by atoms with van der Waals surface area (Å²) in [5, 5.41) is 10.4. The highest BCUT2D eigenvalue weighted by Gasteiger charge is 2.12. The van der Waals surface area contributed by atoms with Crippen molar-refractivity contribution in [3.63, 3.8) is 0 Å². The second-order valence-corrected chi connectivity index (χ2v) is 3.99. The smallest absolute Gasteiger partial charge is 0.123 e. The maximum absolute atomic E-state index is 9.78. The molecule has 1 aromatic rings. The Labute approximate surface area is 89.7 Å². The third-order valence-corrected chi connectivity index (χ3v) is 2.51. The molecule has 0 aliphatic heterocycles. The Morgan fingerprint density at radius 1 is 1.50 bits per heavy atom. The van der Waals surface area contributed by atoms with Gasteiger partial charge < -0.3 is 10.8 Å². The molecule has 1 aromatic carbocycles. The predicted molar refractivity (Wildman–Crippen MR) is 59.7 cm³/mol. The van der Waals surface area contributed by atoms with Crippen LogP contribution in [0.15, 0.2) is 12.1 Å². The number of aromatic hydroxyl groups is 1. The van der Waals surface area contributed by atoms with Gasteiger partial charge in [0.05, 0.1) is 0 Å². The molecule has 3 N–H and O–H groups in total. The van der Waals surface area contributed by atoms with Gasteiger partial charge in [0.1, 0.15) is 5.75 Å². The molecule has 78 valence electrons. The van der Waals surface area contributed by atoms with Gasteiger partial charge in [0.15, 0.2) is 0 Å². The fourth-order valence-corrected chi connectivity index (χ4v) is 1.79. The predicted octanol–water partition coefficient (Wildman–Crippen LogP) is 3.15. The van der Waals surface area contributed by atoms with E-state index in [9.17, 15) is 5.11 Å². The Bertz CT molecular complexity index is 325. The van der Waals surface area contributed by atoms with E-state index in [-0.39, 0.29) is 11.8 Å². The van der Waals surface area contributed by atoms with Gasteiger partial charge in [-0.05, 0) is 31.0 Å². The average molecular weight is 214 g/mol. The highest BCUT2D eigenvalue weighted by molar-refractivity contribution is 6.30. The minimum atomic E-state index is -0.127. The molecule has 0 radical (unpaired) electrons. The van der Waals surface area contributed by atoms with E-state index in [2.05, 4.69) is 6.92 Å². The summed E-state index contributed by atoms with van der Waals surface area (Å²) in [6.07, 6.45) is 1.85. The lowest BCUT2D eigenvalue weighted by Crippen LogP contribution is -2.10. The summed E-state index contributed by atoms with van der Waals surface area (Å²) in [5.74, 6) is 0.273. The van der Waals surface area contributed by atoms with Gasteiger partial charge in [-0.3, -0.25) is 0 Å². The minimum Gasteiger partial charge on any atom is -0.507 e. The number of phenolic OH excluding ortho intramolecular Hbond substituents is 1. The summed E-state index contributed by atoms with van der Waals surface area (Å²) in [7, 11) is 0. The Balaban J connectivity index is 3.07. The molecule has 0 amide bonds. The van der Waals surface area contributed by atoms with Crippen molar-refractivity contribution in [2.45, 2.75) is 32.7 Å². The van der Waals surface area contributed by atoms with Crippen molar-refractivity contribution in [3.05, 3.63) is 28.3 Å². The Hall–Kier alpha value is -0.730. The second kappa shape index (κ2) is 4.67. The summed E-state index contributed by atoms with van der Waals surface area (Å²) in [5.41, 5.74) is 7.45. The molecule has 0 saturated heterocycles. The first kappa shape index (κ1) is 11.3. The number of phenols is 1. The maximum Gasteiger partial charge on any atom is 0.123 e. The molecule has 14 heavy (non-hydrogen) atoms. The van der Waals surface area contributed by atoms with E-state index in [0.29, 0.717) is 5.02 Å². The van der Waals surface area contributed by atoms with E-state index >= 15 is 0 Å². The van der Waals surface area contributed by atoms with Gasteiger partial charge in [-0.1, -0.05) is 24.9 Å². The van der Waals surface area contributed by atoms with E-state index in [1.807, 2.05) is 6.92 Å². The number of hydrogen-bond donors (Lipinski definition) is 2. The van der Waals surface area contributed by atoms with Gasteiger partial charge in [0.2, 0.25) is 0 Å². The van der Waals surface area contributed by atoms with Crippen LogP contribution in [0.25, 0.3) is 0 Å². The fraction of sp³-hybridized carbons (Fsp3) is 0.455. The van der Waals surface area contributed by atoms with Crippen LogP contribution in [-0.2, 0) is 0 Å². The lowest BCUT2D eigenvalue weighted by atomic mass is 10.00. The fourth-order valence-electron chi connectivity index (χ4n) is 1.51. The van der Waals surface area contributed by atoms with Crippen LogP contribution < -0.4 is 5.73 Å². The molecule has 1 rings (SSSR count). The summed E-state index contributed by atoms with van der Waals surface area (Å²) in [6, 6.07) is 3.35. The lowest BCUT2D eigenvalue weighted by molar-refractivity contribution is 0.454. The van der Waals surface area contributed by atoms with E-state index in [1.165, 1.54) is 0 Å². The molecule has 0 aliphatic carbocycles. The number of hydrogen-bond acceptors (Lipinski definition) is 2. The molecule has 0 aliphatic rings. The molecule has 0 aromatic heterocycles. The Kier molecular flexibility index (Phi) is 3.78. The molecule has 1 atom stereocenters. The van der Waals surface area contributed by atoms with E-state index in [1.54, 1.807) is 12.1 Å². The number of aryl methyl sites for hydroxylation is 1. The van der Waals surface area contributed by atoms with Crippen LogP contribution in [0.5, 0.6) is 5.75 Å². The average Bonchev–Trinajstić information content (AvgIpc) is 2.11. The van der Waals surface area contributed by atoms with Crippen molar-refractivity contribution in [1.82, 2.24) is 0 Å². The highest BCUT2D eigenvalue weighted by atomic mass is 35.5. The zero-order valence-electron chi connectivity index (χ0n) is 8.55. The Morgan fingerprint density at radius 2 is 2.14 bits per heavy atom. The monoisotopic (exact) mass is 213 g/mol. The van der Waals surface area contributed by atoms with Gasteiger partial charge in [-0.25, -0.2) is 0 Å². The van der Waals surface area contributed by atoms with E-state index < -0.39 is 0 Å². The molecule has 2 nitrogen and oxygen atoms in total. The molecule has 0 unspecified atom stereocenters. The van der Waals surface area contributed by atoms with Gasteiger partial charge in [0, 0.05) is 16.6 Å². The number of nitrogens with two attached hydrogens (primary N) is 1. The van der Waals surface area contributed by atoms with Crippen molar-refractivity contribution in [3.8, 4) is 5.75 Å². The number of halogens is 1. The molecule has 0 fully saturated rings. The molecule has 0 bridgehead atoms. The molecular formula is C11H16ClNO. The summed E-state index contributed by atoms with van der Waals surface area (Å²) in [4.78, 5) is 0. The standard InChI is InChI=1S/C11H16ClNO/c1-3-4-10(13)9-6-8(12)5-7(2)11(9)14/h5-6,10,14H,3-4,13H2,1-2H3/t10-/m1/s1. The van der Waals surface area contributed by atoms with Crippen molar-refractivity contribution in [2.75, 3.05) is 0 Å². The molecule has 0 spiro atoms. The maximum atomic E-state index is 9.78. The number of benzene rings is 1. The summed E-state index contributed by atoms with van der Waals surface area (Å²) in [6.45, 7) is 3.89. The summed E-state index contributed by atoms with van der Waals surface area (Å²) >= 11 is 5.90. The highest BCUT2D eigenvalue weighted by Crippen LogP contribution is 2.31. The normalized spacial score (nSPS) is 12.9. The van der Waals surface area contributed by atoms with Crippen LogP contribution in [0, 0.1) is 6.92 Å². The quantitative estimate of drug-likeness (QED) is 0.810. The van der Waals surface area contributed by atoms with Gasteiger partial charge >= 0.3 is 0 Å². The molecule has 0 saturated carbocycles. The van der Waals surface area contributed by atoms with E-state index in [4.69, 9.17) is 17.3 Å². The van der Waals surface area contributed by atoms with Gasteiger partial charge in [0.25, 0.3) is 0 Å². The topological polar surface area (TPSA) is 46.2 Å². The van der Waals surface area contributed by atoms with Crippen LogP contribution in [0.2, 0.25) is 5.02 Å². The third kappa shape index (κ3) is 2.40. The van der Waals surface area contributed by atoms with E-state index in [0.717, 1.165) is 24.0 Å². The molecular weight excluding hydrogens is 198 g/mol. The minimum absolute atomic E-state index is 0.127. The van der Waals surface area contributed by atoms with Crippen LogP contribution in [-0.4, -0.2) is 5.11 Å². The first-order valence-corrected chi connectivity index (χ1v) is 5.18. The zero-order chi connectivity index (χ0) is 10.7. The van der Waals surface area contributed by atoms with Gasteiger partial charge in [-0.2, -0.15) is 0 Å². The van der Waals surface area contributed by atoms with Crippen LogP contribution in [0.3, 0.4) is 0 Å². The first-order valence-electron chi connectivity index (χ1n) is 4.80. The van der Waals surface area contributed by atoms with Crippen molar-refractivity contribution in [2.24, 2.45) is 5.73 Å². The van der Waals surface area contributed by atoms with Crippen LogP contribution in [0.1, 0.15) is 36.9 Å². The SMILES string of the molecule is CCC[C@@H](N)c1cc(Cl)cc(C)c1O. The second-order valence-electron chi connectivity index (χ2n) is 3.56. The number of rotatable bonds is 3. The van der Waals surface area contributed by atoms with Crippen LogP contribution in [0.4, 0.5) is 0 Å².